The number of thioether (sulfide) groups is 1. The quantitative estimate of drug-likeness (QED) is 0.698. The van der Waals surface area contributed by atoms with Crippen molar-refractivity contribution in [2.45, 2.75) is 25.6 Å². The molecule has 0 aromatic carbocycles. The van der Waals surface area contributed by atoms with Crippen LogP contribution in [0.3, 0.4) is 0 Å². The van der Waals surface area contributed by atoms with Crippen LogP contribution in [0.5, 0.6) is 0 Å². The van der Waals surface area contributed by atoms with Crippen molar-refractivity contribution in [2.24, 2.45) is 5.92 Å². The summed E-state index contributed by atoms with van der Waals surface area (Å²) in [6.07, 6.45) is 4.62. The topological polar surface area (TPSA) is 68.3 Å². The number of hydrogen-bond donors (Lipinski definition) is 0. The number of nitrogens with zero attached hydrogens (tertiary/aromatic N) is 6. The van der Waals surface area contributed by atoms with Gasteiger partial charge in [0.1, 0.15) is 5.52 Å². The van der Waals surface area contributed by atoms with E-state index in [4.69, 9.17) is 0 Å². The fraction of sp³-hybridized carbons (Fsp3) is 0.444. The highest BCUT2D eigenvalue weighted by Gasteiger charge is 2.30. The Bertz CT molecular complexity index is 1040. The number of hydrogen-bond acceptors (Lipinski definition) is 6. The molecule has 0 saturated carbocycles. The lowest BCUT2D eigenvalue weighted by Crippen LogP contribution is -2.50. The summed E-state index contributed by atoms with van der Waals surface area (Å²) in [7, 11) is 0. The fourth-order valence-electron chi connectivity index (χ4n) is 3.76. The standard InChI is InChI=1S/C18H20N6OS/c1-12-6-16-18(19-3-4-23(16)20-12)22-8-13(9-22)10-24-17(25)7-14-11-26-5-2-15(14)21-24/h3-4,6-7,13H,2,5,8-11H2,1H3. The lowest BCUT2D eigenvalue weighted by atomic mass is 10.00. The first-order chi connectivity index (χ1) is 12.7. The normalized spacial score (nSPS) is 17.3. The van der Waals surface area contributed by atoms with Crippen molar-refractivity contribution in [3.63, 3.8) is 0 Å². The van der Waals surface area contributed by atoms with E-state index in [0.29, 0.717) is 12.5 Å². The van der Waals surface area contributed by atoms with Crippen molar-refractivity contribution < 1.29 is 0 Å². The molecular formula is C18H20N6OS. The van der Waals surface area contributed by atoms with Gasteiger partial charge in [0.2, 0.25) is 0 Å². The molecule has 3 aromatic rings. The molecule has 0 radical (unpaired) electrons. The maximum absolute atomic E-state index is 12.3. The molecule has 0 bridgehead atoms. The van der Waals surface area contributed by atoms with E-state index in [9.17, 15) is 4.79 Å². The van der Waals surface area contributed by atoms with E-state index in [-0.39, 0.29) is 5.56 Å². The van der Waals surface area contributed by atoms with Crippen LogP contribution < -0.4 is 10.5 Å². The Morgan fingerprint density at radius 2 is 2.15 bits per heavy atom. The average molecular weight is 368 g/mol. The molecule has 5 heterocycles. The minimum atomic E-state index is 0.0244. The van der Waals surface area contributed by atoms with Gasteiger partial charge >= 0.3 is 0 Å². The van der Waals surface area contributed by atoms with E-state index in [0.717, 1.165) is 59.3 Å². The van der Waals surface area contributed by atoms with Gasteiger partial charge in [-0.25, -0.2) is 14.2 Å². The van der Waals surface area contributed by atoms with Crippen LogP contribution in [0.25, 0.3) is 5.52 Å². The molecule has 1 fully saturated rings. The predicted molar refractivity (Wildman–Crippen MR) is 102 cm³/mol. The van der Waals surface area contributed by atoms with E-state index in [1.54, 1.807) is 16.9 Å². The molecule has 3 aromatic heterocycles. The molecule has 1 saturated heterocycles. The summed E-state index contributed by atoms with van der Waals surface area (Å²) in [5, 5.41) is 9.07. The second kappa shape index (κ2) is 6.12. The van der Waals surface area contributed by atoms with Crippen LogP contribution in [0.1, 0.15) is 17.0 Å². The lowest BCUT2D eigenvalue weighted by Gasteiger charge is -2.40. The van der Waals surface area contributed by atoms with Gasteiger partial charge in [0.25, 0.3) is 5.56 Å². The molecule has 0 N–H and O–H groups in total. The number of aryl methyl sites for hydroxylation is 2. The molecule has 7 nitrogen and oxygen atoms in total. The zero-order chi connectivity index (χ0) is 17.7. The van der Waals surface area contributed by atoms with Gasteiger partial charge in [-0.2, -0.15) is 22.0 Å². The molecule has 2 aliphatic rings. The van der Waals surface area contributed by atoms with Crippen LogP contribution in [0.4, 0.5) is 5.82 Å². The molecule has 0 aliphatic carbocycles. The summed E-state index contributed by atoms with van der Waals surface area (Å²) in [6, 6.07) is 3.84. The third-order valence-corrected chi connectivity index (χ3v) is 6.09. The van der Waals surface area contributed by atoms with Crippen LogP contribution in [0.2, 0.25) is 0 Å². The van der Waals surface area contributed by atoms with Gasteiger partial charge in [-0.3, -0.25) is 4.79 Å². The van der Waals surface area contributed by atoms with Crippen LogP contribution in [0.15, 0.2) is 29.3 Å². The Kier molecular flexibility index (Phi) is 3.74. The van der Waals surface area contributed by atoms with Crippen LogP contribution in [-0.4, -0.2) is 43.2 Å². The minimum absolute atomic E-state index is 0.0244. The summed E-state index contributed by atoms with van der Waals surface area (Å²) >= 11 is 1.87. The summed E-state index contributed by atoms with van der Waals surface area (Å²) in [4.78, 5) is 19.1. The zero-order valence-corrected chi connectivity index (χ0v) is 15.4. The molecule has 8 heteroatoms. The third-order valence-electron chi connectivity index (χ3n) is 5.08. The smallest absolute Gasteiger partial charge is 0.267 e. The van der Waals surface area contributed by atoms with Crippen molar-refractivity contribution in [2.75, 3.05) is 23.7 Å². The SMILES string of the molecule is Cc1cc2c(N3CC(Cn4nc5c(cc4=O)CSCC5)C3)nccn2n1. The van der Waals surface area contributed by atoms with E-state index < -0.39 is 0 Å². The highest BCUT2D eigenvalue weighted by atomic mass is 32.2. The van der Waals surface area contributed by atoms with Crippen LogP contribution in [-0.2, 0) is 18.7 Å². The lowest BCUT2D eigenvalue weighted by molar-refractivity contribution is 0.331. The Hall–Kier alpha value is -2.35. The second-order valence-electron chi connectivity index (χ2n) is 7.08. The Labute approximate surface area is 155 Å². The highest BCUT2D eigenvalue weighted by Crippen LogP contribution is 2.28. The van der Waals surface area contributed by atoms with Gasteiger partial charge in [-0.05, 0) is 24.3 Å². The summed E-state index contributed by atoms with van der Waals surface area (Å²) in [5.74, 6) is 3.39. The predicted octanol–water partition coefficient (Wildman–Crippen LogP) is 1.52. The Morgan fingerprint density at radius 3 is 3.04 bits per heavy atom. The maximum atomic E-state index is 12.3. The fourth-order valence-corrected chi connectivity index (χ4v) is 4.71. The number of rotatable bonds is 3. The Morgan fingerprint density at radius 1 is 1.27 bits per heavy atom. The monoisotopic (exact) mass is 368 g/mol. The first-order valence-corrected chi connectivity index (χ1v) is 10.1. The van der Waals surface area contributed by atoms with Gasteiger partial charge in [0.05, 0.1) is 17.9 Å². The molecule has 0 spiro atoms. The molecule has 134 valence electrons. The molecule has 5 rings (SSSR count). The Balaban J connectivity index is 1.32. The number of fused-ring (bicyclic) bond motifs is 2. The minimum Gasteiger partial charge on any atom is -0.354 e. The van der Waals surface area contributed by atoms with Crippen molar-refractivity contribution in [3.8, 4) is 0 Å². The average Bonchev–Trinajstić information content (AvgIpc) is 2.98. The van der Waals surface area contributed by atoms with E-state index in [1.165, 1.54) is 0 Å². The zero-order valence-electron chi connectivity index (χ0n) is 14.6. The van der Waals surface area contributed by atoms with Gasteiger partial charge in [0, 0.05) is 49.6 Å². The van der Waals surface area contributed by atoms with Gasteiger partial charge in [-0.15, -0.1) is 0 Å². The first kappa shape index (κ1) is 15.9. The molecule has 0 amide bonds. The summed E-state index contributed by atoms with van der Waals surface area (Å²) in [6.45, 7) is 4.44. The van der Waals surface area contributed by atoms with Crippen LogP contribution in [0, 0.1) is 12.8 Å². The molecule has 0 atom stereocenters. The van der Waals surface area contributed by atoms with Crippen molar-refractivity contribution in [3.05, 3.63) is 51.8 Å². The molecule has 0 unspecified atom stereocenters. The highest BCUT2D eigenvalue weighted by molar-refractivity contribution is 7.98. The van der Waals surface area contributed by atoms with Gasteiger partial charge in [-0.1, -0.05) is 0 Å². The number of anilines is 1. The molecule has 2 aliphatic heterocycles. The molecule has 26 heavy (non-hydrogen) atoms. The van der Waals surface area contributed by atoms with E-state index in [2.05, 4.69) is 26.1 Å². The van der Waals surface area contributed by atoms with Crippen LogP contribution >= 0.6 is 11.8 Å². The van der Waals surface area contributed by atoms with Crippen molar-refractivity contribution in [1.82, 2.24) is 24.4 Å². The molecular weight excluding hydrogens is 348 g/mol. The first-order valence-electron chi connectivity index (χ1n) is 8.91. The van der Waals surface area contributed by atoms with Crippen molar-refractivity contribution >= 4 is 23.1 Å². The van der Waals surface area contributed by atoms with Crippen molar-refractivity contribution in [1.29, 1.82) is 0 Å². The second-order valence-corrected chi connectivity index (χ2v) is 8.18. The number of aromatic nitrogens is 5. The van der Waals surface area contributed by atoms with E-state index in [1.807, 2.05) is 29.4 Å². The van der Waals surface area contributed by atoms with Gasteiger partial charge < -0.3 is 4.90 Å². The maximum Gasteiger partial charge on any atom is 0.267 e. The van der Waals surface area contributed by atoms with E-state index >= 15 is 0 Å². The largest absolute Gasteiger partial charge is 0.354 e. The summed E-state index contributed by atoms with van der Waals surface area (Å²) in [5.41, 5.74) is 4.26. The summed E-state index contributed by atoms with van der Waals surface area (Å²) < 4.78 is 3.53. The van der Waals surface area contributed by atoms with Gasteiger partial charge in [0.15, 0.2) is 5.82 Å². The third kappa shape index (κ3) is 2.68.